The van der Waals surface area contributed by atoms with Crippen LogP contribution in [0.15, 0.2) is 24.3 Å². The van der Waals surface area contributed by atoms with Gasteiger partial charge in [0.2, 0.25) is 5.79 Å². The lowest BCUT2D eigenvalue weighted by atomic mass is 9.53. The van der Waals surface area contributed by atoms with Crippen molar-refractivity contribution in [3.8, 4) is 5.75 Å². The van der Waals surface area contributed by atoms with Gasteiger partial charge in [-0.3, -0.25) is 0 Å². The van der Waals surface area contributed by atoms with Gasteiger partial charge in [-0.15, -0.1) is 0 Å². The van der Waals surface area contributed by atoms with E-state index >= 15 is 0 Å². The van der Waals surface area contributed by atoms with E-state index in [1.54, 1.807) is 0 Å². The minimum Gasteiger partial charge on any atom is -0.494 e. The van der Waals surface area contributed by atoms with E-state index in [4.69, 9.17) is 25.0 Å². The zero-order chi connectivity index (χ0) is 22.0. The molecule has 0 unspecified atom stereocenters. The number of ether oxygens (including phenoxy) is 2. The van der Waals surface area contributed by atoms with Gasteiger partial charge in [-0.1, -0.05) is 12.1 Å². The summed E-state index contributed by atoms with van der Waals surface area (Å²) in [4.78, 5) is 12.4. The van der Waals surface area contributed by atoms with Crippen molar-refractivity contribution in [1.29, 1.82) is 0 Å². The topological polar surface area (TPSA) is 62.9 Å². The first-order chi connectivity index (χ1) is 15.7. The maximum atomic E-state index is 6.26. The van der Waals surface area contributed by atoms with Crippen LogP contribution in [0.25, 0.3) is 0 Å². The third kappa shape index (κ3) is 4.72. The molecule has 32 heavy (non-hydrogen) atoms. The van der Waals surface area contributed by atoms with E-state index in [1.807, 2.05) is 7.11 Å². The zero-order valence-electron chi connectivity index (χ0n) is 19.7. The Labute approximate surface area is 193 Å². The van der Waals surface area contributed by atoms with E-state index in [1.165, 1.54) is 50.5 Å². The number of nitrogens with two attached hydrogens (primary N) is 1. The Morgan fingerprint density at radius 1 is 0.906 bits per heavy atom. The third-order valence-corrected chi connectivity index (χ3v) is 8.77. The summed E-state index contributed by atoms with van der Waals surface area (Å²) in [7, 11) is 1.83. The lowest BCUT2D eigenvalue weighted by Crippen LogP contribution is -2.60. The molecule has 5 aliphatic carbocycles. The molecule has 0 saturated heterocycles. The largest absolute Gasteiger partial charge is 0.494 e. The van der Waals surface area contributed by atoms with E-state index in [0.717, 1.165) is 49.2 Å². The van der Waals surface area contributed by atoms with Crippen molar-refractivity contribution in [3.63, 3.8) is 0 Å². The van der Waals surface area contributed by atoms with Crippen LogP contribution in [0, 0.1) is 29.6 Å². The summed E-state index contributed by atoms with van der Waals surface area (Å²) in [6.07, 6.45) is 13.2. The Balaban J connectivity index is 1.07. The fourth-order valence-electron chi connectivity index (χ4n) is 7.25. The summed E-state index contributed by atoms with van der Waals surface area (Å²) in [6.45, 7) is 1.36. The van der Waals surface area contributed by atoms with E-state index in [0.29, 0.717) is 25.0 Å². The molecule has 178 valence electrons. The summed E-state index contributed by atoms with van der Waals surface area (Å²) in [5.74, 6) is 3.99. The molecular weight excluding hydrogens is 402 g/mol. The van der Waals surface area contributed by atoms with Crippen LogP contribution in [-0.4, -0.2) is 32.2 Å². The van der Waals surface area contributed by atoms with Crippen LogP contribution in [0.4, 0.5) is 0 Å². The van der Waals surface area contributed by atoms with E-state index in [-0.39, 0.29) is 6.10 Å². The highest BCUT2D eigenvalue weighted by molar-refractivity contribution is 5.27. The Morgan fingerprint density at radius 3 is 2.16 bits per heavy atom. The van der Waals surface area contributed by atoms with Gasteiger partial charge in [-0.05, 0) is 113 Å². The quantitative estimate of drug-likeness (QED) is 0.231. The lowest BCUT2D eigenvalue weighted by Gasteiger charge is -2.58. The number of benzene rings is 1. The molecule has 5 saturated carbocycles. The van der Waals surface area contributed by atoms with E-state index < -0.39 is 5.79 Å². The first-order valence-corrected chi connectivity index (χ1v) is 13.0. The molecule has 5 nitrogen and oxygen atoms in total. The molecule has 6 rings (SSSR count). The summed E-state index contributed by atoms with van der Waals surface area (Å²) < 4.78 is 11.8. The predicted octanol–water partition coefficient (Wildman–Crippen LogP) is 5.26. The Bertz CT molecular complexity index is 700. The van der Waals surface area contributed by atoms with Gasteiger partial charge in [0.15, 0.2) is 0 Å². The Hall–Kier alpha value is -1.14. The molecule has 1 aromatic carbocycles. The fourth-order valence-corrected chi connectivity index (χ4v) is 7.25. The fraction of sp³-hybridized carbons (Fsp3) is 0.778. The average Bonchev–Trinajstić information content (AvgIpc) is 2.81. The van der Waals surface area contributed by atoms with Crippen molar-refractivity contribution in [2.45, 2.75) is 82.5 Å². The average molecular weight is 444 g/mol. The third-order valence-electron chi connectivity index (χ3n) is 8.77. The number of rotatable bonds is 10. The molecule has 0 spiro atoms. The minimum absolute atomic E-state index is 0.203. The maximum Gasteiger partial charge on any atom is 0.207 e. The molecule has 0 aromatic heterocycles. The monoisotopic (exact) mass is 443 g/mol. The molecule has 0 aliphatic heterocycles. The van der Waals surface area contributed by atoms with Crippen molar-refractivity contribution in [3.05, 3.63) is 29.8 Å². The van der Waals surface area contributed by atoms with Crippen LogP contribution in [0.2, 0.25) is 0 Å². The SMILES string of the molecule is COC1(OOC2CCC(Cc3ccc(OCCCN)cc3)CC2)C2CC3CC(C2)CC1C3. The van der Waals surface area contributed by atoms with Crippen molar-refractivity contribution in [1.82, 2.24) is 0 Å². The zero-order valence-corrected chi connectivity index (χ0v) is 19.7. The predicted molar refractivity (Wildman–Crippen MR) is 124 cm³/mol. The van der Waals surface area contributed by atoms with Gasteiger partial charge in [-0.2, -0.15) is 0 Å². The standard InChI is InChI=1S/C27H41NO4/c1-29-27(23-15-21-14-22(17-23)18-24(27)16-21)32-31-26-9-5-20(6-10-26)13-19-3-7-25(8-4-19)30-12-2-11-28/h3-4,7-8,20-24,26H,2,5-6,9-18,28H2,1H3. The van der Waals surface area contributed by atoms with Gasteiger partial charge in [0.1, 0.15) is 5.75 Å². The molecule has 0 atom stereocenters. The smallest absolute Gasteiger partial charge is 0.207 e. The van der Waals surface area contributed by atoms with E-state index in [9.17, 15) is 0 Å². The molecule has 1 aromatic rings. The molecule has 0 heterocycles. The van der Waals surface area contributed by atoms with Gasteiger partial charge >= 0.3 is 0 Å². The normalized spacial score (nSPS) is 38.2. The summed E-state index contributed by atoms with van der Waals surface area (Å²) >= 11 is 0. The summed E-state index contributed by atoms with van der Waals surface area (Å²) in [6, 6.07) is 8.59. The molecule has 5 aliphatic rings. The van der Waals surface area contributed by atoms with Gasteiger partial charge in [0, 0.05) is 18.9 Å². The van der Waals surface area contributed by atoms with Crippen LogP contribution in [0.5, 0.6) is 5.75 Å². The van der Waals surface area contributed by atoms with Crippen LogP contribution < -0.4 is 10.5 Å². The lowest BCUT2D eigenvalue weighted by molar-refractivity contribution is -0.485. The summed E-state index contributed by atoms with van der Waals surface area (Å²) in [5.41, 5.74) is 6.92. The second-order valence-electron chi connectivity index (χ2n) is 10.9. The van der Waals surface area contributed by atoms with Crippen LogP contribution in [-0.2, 0) is 20.9 Å². The number of hydrogen-bond donors (Lipinski definition) is 1. The van der Waals surface area contributed by atoms with Gasteiger partial charge in [0.05, 0.1) is 12.7 Å². The second kappa shape index (κ2) is 10.0. The first kappa shape index (κ1) is 22.6. The van der Waals surface area contributed by atoms with Crippen LogP contribution in [0.1, 0.15) is 69.8 Å². The molecule has 0 radical (unpaired) electrons. The number of methoxy groups -OCH3 is 1. The van der Waals surface area contributed by atoms with Crippen molar-refractivity contribution < 1.29 is 19.2 Å². The van der Waals surface area contributed by atoms with Gasteiger partial charge in [0.25, 0.3) is 0 Å². The van der Waals surface area contributed by atoms with Crippen molar-refractivity contribution >= 4 is 0 Å². The number of hydrogen-bond acceptors (Lipinski definition) is 5. The highest BCUT2D eigenvalue weighted by Gasteiger charge is 2.60. The minimum atomic E-state index is -0.488. The van der Waals surface area contributed by atoms with Gasteiger partial charge < -0.3 is 15.2 Å². The Morgan fingerprint density at radius 2 is 1.56 bits per heavy atom. The highest BCUT2D eigenvalue weighted by atomic mass is 17.2. The maximum absolute atomic E-state index is 6.26. The van der Waals surface area contributed by atoms with Crippen LogP contribution in [0.3, 0.4) is 0 Å². The molecule has 5 heteroatoms. The van der Waals surface area contributed by atoms with Crippen LogP contribution >= 0.6 is 0 Å². The van der Waals surface area contributed by atoms with Crippen molar-refractivity contribution in [2.24, 2.45) is 35.3 Å². The molecule has 0 amide bonds. The molecular formula is C27H41NO4. The molecule has 5 fully saturated rings. The summed E-state index contributed by atoms with van der Waals surface area (Å²) in [5, 5.41) is 0. The molecule has 4 bridgehead atoms. The molecule has 2 N–H and O–H groups in total. The first-order valence-electron chi connectivity index (χ1n) is 13.0. The van der Waals surface area contributed by atoms with Gasteiger partial charge in [-0.25, -0.2) is 9.78 Å². The van der Waals surface area contributed by atoms with E-state index in [2.05, 4.69) is 24.3 Å². The highest BCUT2D eigenvalue weighted by Crippen LogP contribution is 2.60. The Kier molecular flexibility index (Phi) is 7.08. The van der Waals surface area contributed by atoms with Crippen molar-refractivity contribution in [2.75, 3.05) is 20.3 Å². The second-order valence-corrected chi connectivity index (χ2v) is 10.9.